The van der Waals surface area contributed by atoms with Gasteiger partial charge in [0, 0.05) is 5.69 Å². The van der Waals surface area contributed by atoms with Gasteiger partial charge in [-0.3, -0.25) is 0 Å². The number of nitrogens with one attached hydrogen (secondary N) is 1. The molecule has 1 atom stereocenters. The second-order valence-corrected chi connectivity index (χ2v) is 3.48. The quantitative estimate of drug-likeness (QED) is 0.772. The first-order chi connectivity index (χ1) is 6.50. The third kappa shape index (κ3) is 2.49. The Morgan fingerprint density at radius 1 is 1.36 bits per heavy atom. The average molecular weight is 192 g/mol. The Bertz CT molecular complexity index is 347. The van der Waals surface area contributed by atoms with Crippen molar-refractivity contribution in [1.29, 1.82) is 0 Å². The number of aliphatic carboxylic acids is 1. The van der Waals surface area contributed by atoms with E-state index in [0.717, 1.165) is 11.3 Å². The van der Waals surface area contributed by atoms with Gasteiger partial charge in [0.1, 0.15) is 0 Å². The molecule has 0 aliphatic carbocycles. The van der Waals surface area contributed by atoms with E-state index in [4.69, 9.17) is 0 Å². The lowest BCUT2D eigenvalue weighted by Crippen LogP contribution is -2.38. The van der Waals surface area contributed by atoms with Crippen LogP contribution in [-0.2, 0) is 4.79 Å². The number of benzene rings is 1. The van der Waals surface area contributed by atoms with Crippen LogP contribution in [0.4, 0.5) is 5.69 Å². The van der Waals surface area contributed by atoms with Crippen LogP contribution in [0.2, 0.25) is 0 Å². The molecule has 1 aromatic carbocycles. The highest BCUT2D eigenvalue weighted by Gasteiger charge is 2.02. The number of hydrogen-bond acceptors (Lipinski definition) is 3. The predicted molar refractivity (Wildman–Crippen MR) is 54.0 cm³/mol. The normalized spacial score (nSPS) is 12.2. The Kier molecular flexibility index (Phi) is 3.12. The second kappa shape index (κ2) is 4.13. The molecule has 0 aliphatic rings. The van der Waals surface area contributed by atoms with E-state index in [9.17, 15) is 9.90 Å². The van der Waals surface area contributed by atoms with Crippen molar-refractivity contribution in [3.8, 4) is 0 Å². The van der Waals surface area contributed by atoms with E-state index in [1.54, 1.807) is 6.92 Å². The van der Waals surface area contributed by atoms with Crippen LogP contribution in [0.1, 0.15) is 18.1 Å². The molecule has 3 heteroatoms. The number of carboxylic acid groups (broad SMARTS) is 1. The Labute approximate surface area is 83.8 Å². The molecule has 14 heavy (non-hydrogen) atoms. The molecule has 0 spiro atoms. The van der Waals surface area contributed by atoms with Crippen LogP contribution in [0.25, 0.3) is 0 Å². The molecule has 0 unspecified atom stereocenters. The zero-order chi connectivity index (χ0) is 10.7. The lowest BCUT2D eigenvalue weighted by atomic mass is 10.1. The molecule has 0 saturated carbocycles. The molecule has 0 fully saturated rings. The van der Waals surface area contributed by atoms with Gasteiger partial charge < -0.3 is 15.2 Å². The van der Waals surface area contributed by atoms with Gasteiger partial charge in [0.15, 0.2) is 0 Å². The monoisotopic (exact) mass is 192 g/mol. The fourth-order valence-electron chi connectivity index (χ4n) is 1.14. The number of carbonyl (C=O) groups excluding carboxylic acids is 1. The van der Waals surface area contributed by atoms with Crippen LogP contribution in [0.3, 0.4) is 0 Å². The van der Waals surface area contributed by atoms with E-state index < -0.39 is 12.0 Å². The fraction of sp³-hybridized carbons (Fsp3) is 0.364. The molecule has 3 nitrogen and oxygen atoms in total. The van der Waals surface area contributed by atoms with Gasteiger partial charge in [-0.25, -0.2) is 0 Å². The number of rotatable bonds is 3. The maximum absolute atomic E-state index is 10.5. The smallest absolute Gasteiger partial charge is 0.0634 e. The Hall–Kier alpha value is -1.51. The van der Waals surface area contributed by atoms with Gasteiger partial charge in [-0.05, 0) is 44.0 Å². The Balaban J connectivity index is 2.78. The minimum Gasteiger partial charge on any atom is -0.548 e. The van der Waals surface area contributed by atoms with Crippen molar-refractivity contribution in [3.63, 3.8) is 0 Å². The van der Waals surface area contributed by atoms with Crippen molar-refractivity contribution in [1.82, 2.24) is 0 Å². The van der Waals surface area contributed by atoms with Crippen LogP contribution in [0.15, 0.2) is 18.2 Å². The van der Waals surface area contributed by atoms with Gasteiger partial charge in [-0.15, -0.1) is 0 Å². The van der Waals surface area contributed by atoms with Gasteiger partial charge in [0.05, 0.1) is 12.0 Å². The lowest BCUT2D eigenvalue weighted by molar-refractivity contribution is -0.306. The third-order valence-electron chi connectivity index (χ3n) is 2.24. The molecule has 0 saturated heterocycles. The summed E-state index contributed by atoms with van der Waals surface area (Å²) >= 11 is 0. The molecule has 76 valence electrons. The number of carbonyl (C=O) groups is 1. The molecule has 0 aliphatic heterocycles. The molecule has 0 heterocycles. The first-order valence-electron chi connectivity index (χ1n) is 4.55. The van der Waals surface area contributed by atoms with E-state index in [-0.39, 0.29) is 0 Å². The van der Waals surface area contributed by atoms with Gasteiger partial charge in [-0.1, -0.05) is 6.07 Å². The molecule has 1 rings (SSSR count). The van der Waals surface area contributed by atoms with Crippen LogP contribution >= 0.6 is 0 Å². The number of anilines is 1. The zero-order valence-electron chi connectivity index (χ0n) is 8.63. The molecule has 0 radical (unpaired) electrons. The fourth-order valence-corrected chi connectivity index (χ4v) is 1.14. The lowest BCUT2D eigenvalue weighted by Gasteiger charge is -2.16. The van der Waals surface area contributed by atoms with E-state index in [0.29, 0.717) is 0 Å². The topological polar surface area (TPSA) is 52.2 Å². The summed E-state index contributed by atoms with van der Waals surface area (Å²) in [7, 11) is 0. The summed E-state index contributed by atoms with van der Waals surface area (Å²) in [6, 6.07) is 5.08. The number of carboxylic acids is 1. The van der Waals surface area contributed by atoms with Gasteiger partial charge in [0.2, 0.25) is 0 Å². The summed E-state index contributed by atoms with van der Waals surface area (Å²) in [5.41, 5.74) is 3.14. The van der Waals surface area contributed by atoms with Crippen LogP contribution < -0.4 is 10.4 Å². The van der Waals surface area contributed by atoms with E-state index in [2.05, 4.69) is 5.32 Å². The highest BCUT2D eigenvalue weighted by atomic mass is 16.4. The van der Waals surface area contributed by atoms with Gasteiger partial charge >= 0.3 is 0 Å². The molecule has 1 aromatic rings. The summed E-state index contributed by atoms with van der Waals surface area (Å²) < 4.78 is 0. The minimum atomic E-state index is -1.09. The van der Waals surface area contributed by atoms with Crippen LogP contribution in [0.5, 0.6) is 0 Å². The van der Waals surface area contributed by atoms with Crippen molar-refractivity contribution < 1.29 is 9.90 Å². The first-order valence-corrected chi connectivity index (χ1v) is 4.55. The van der Waals surface area contributed by atoms with Crippen LogP contribution in [0, 0.1) is 13.8 Å². The number of aryl methyl sites for hydroxylation is 2. The van der Waals surface area contributed by atoms with Crippen molar-refractivity contribution >= 4 is 11.7 Å². The summed E-state index contributed by atoms with van der Waals surface area (Å²) in [6.07, 6.45) is 0. The SMILES string of the molecule is Cc1ccc(N[C@H](C)C(=O)[O-])cc1C. The van der Waals surface area contributed by atoms with Gasteiger partial charge in [-0.2, -0.15) is 0 Å². The van der Waals surface area contributed by atoms with Crippen molar-refractivity contribution in [2.24, 2.45) is 0 Å². The zero-order valence-corrected chi connectivity index (χ0v) is 8.63. The molecular formula is C11H14NO2-. The minimum absolute atomic E-state index is 0.669. The standard InChI is InChI=1S/C11H15NO2/c1-7-4-5-10(6-8(7)2)12-9(3)11(13)14/h4-6,9,12H,1-3H3,(H,13,14)/p-1/t9-/m1/s1. The summed E-state index contributed by atoms with van der Waals surface area (Å²) in [6.45, 7) is 5.57. The van der Waals surface area contributed by atoms with Crippen molar-refractivity contribution in [2.45, 2.75) is 26.8 Å². The predicted octanol–water partition coefficient (Wildman–Crippen LogP) is 0.854. The summed E-state index contributed by atoms with van der Waals surface area (Å²) in [4.78, 5) is 10.5. The summed E-state index contributed by atoms with van der Waals surface area (Å²) in [5, 5.41) is 13.3. The molecule has 0 bridgehead atoms. The molecule has 1 N–H and O–H groups in total. The summed E-state index contributed by atoms with van der Waals surface area (Å²) in [5.74, 6) is -1.09. The largest absolute Gasteiger partial charge is 0.548 e. The van der Waals surface area contributed by atoms with Crippen molar-refractivity contribution in [3.05, 3.63) is 29.3 Å². The highest BCUT2D eigenvalue weighted by molar-refractivity contribution is 5.74. The van der Waals surface area contributed by atoms with E-state index in [1.807, 2.05) is 32.0 Å². The third-order valence-corrected chi connectivity index (χ3v) is 2.24. The highest BCUT2D eigenvalue weighted by Crippen LogP contribution is 2.14. The maximum atomic E-state index is 10.5. The first kappa shape index (κ1) is 10.6. The molecule has 0 amide bonds. The Morgan fingerprint density at radius 3 is 2.50 bits per heavy atom. The number of hydrogen-bond donors (Lipinski definition) is 1. The molecule has 0 aromatic heterocycles. The van der Waals surface area contributed by atoms with Crippen LogP contribution in [-0.4, -0.2) is 12.0 Å². The Morgan fingerprint density at radius 2 is 2.00 bits per heavy atom. The second-order valence-electron chi connectivity index (χ2n) is 3.48. The average Bonchev–Trinajstić information content (AvgIpc) is 2.11. The van der Waals surface area contributed by atoms with E-state index >= 15 is 0 Å². The van der Waals surface area contributed by atoms with Crippen molar-refractivity contribution in [2.75, 3.05) is 5.32 Å². The maximum Gasteiger partial charge on any atom is 0.0634 e. The van der Waals surface area contributed by atoms with E-state index in [1.165, 1.54) is 5.56 Å². The molecular weight excluding hydrogens is 178 g/mol. The van der Waals surface area contributed by atoms with Gasteiger partial charge in [0.25, 0.3) is 0 Å².